The van der Waals surface area contributed by atoms with Crippen LogP contribution in [0.15, 0.2) is 125 Å². The molecule has 46 heavy (non-hydrogen) atoms. The first-order valence-corrected chi connectivity index (χ1v) is 16.4. The number of allylic oxidation sites excluding steroid dienone is 3. The number of hydrogen-bond donors (Lipinski definition) is 0. The van der Waals surface area contributed by atoms with Crippen molar-refractivity contribution >= 4 is 17.0 Å². The maximum absolute atomic E-state index is 6.85. The first-order chi connectivity index (χ1) is 22.8. The van der Waals surface area contributed by atoms with Crippen molar-refractivity contribution in [1.29, 1.82) is 0 Å². The molecule has 1 atom stereocenters. The van der Waals surface area contributed by atoms with Crippen LogP contribution < -0.4 is 9.47 Å². The van der Waals surface area contributed by atoms with Crippen molar-refractivity contribution in [3.63, 3.8) is 0 Å². The Morgan fingerprint density at radius 1 is 0.652 bits per heavy atom. The van der Waals surface area contributed by atoms with Gasteiger partial charge in [0.2, 0.25) is 0 Å². The summed E-state index contributed by atoms with van der Waals surface area (Å²) >= 11 is 0. The van der Waals surface area contributed by atoms with Gasteiger partial charge >= 0.3 is 0 Å². The average molecular weight is 598 g/mol. The van der Waals surface area contributed by atoms with Crippen LogP contribution in [0, 0.1) is 0 Å². The van der Waals surface area contributed by atoms with Crippen LogP contribution in [0.4, 0.5) is 0 Å². The van der Waals surface area contributed by atoms with E-state index in [0.717, 1.165) is 95.3 Å². The largest absolute Gasteiger partial charge is 0.461 e. The molecular weight excluding hydrogens is 566 g/mol. The van der Waals surface area contributed by atoms with Crippen molar-refractivity contribution < 1.29 is 13.9 Å². The van der Waals surface area contributed by atoms with Crippen LogP contribution in [0.3, 0.4) is 0 Å². The summed E-state index contributed by atoms with van der Waals surface area (Å²) in [6.45, 7) is 0. The molecule has 0 saturated carbocycles. The molecule has 4 heterocycles. The molecule has 2 aliphatic carbocycles. The van der Waals surface area contributed by atoms with Gasteiger partial charge in [0.05, 0.1) is 11.1 Å². The molecule has 4 nitrogen and oxygen atoms in total. The van der Waals surface area contributed by atoms with E-state index in [1.807, 2.05) is 18.3 Å². The van der Waals surface area contributed by atoms with Gasteiger partial charge in [-0.1, -0.05) is 66.7 Å². The van der Waals surface area contributed by atoms with Crippen LogP contribution in [0.1, 0.15) is 60.1 Å². The van der Waals surface area contributed by atoms with Crippen molar-refractivity contribution in [3.05, 3.63) is 149 Å². The van der Waals surface area contributed by atoms with Gasteiger partial charge in [-0.25, -0.2) is 0 Å². The summed E-state index contributed by atoms with van der Waals surface area (Å²) in [4.78, 5) is 4.64. The third kappa shape index (κ3) is 3.58. The van der Waals surface area contributed by atoms with Crippen molar-refractivity contribution in [2.24, 2.45) is 0 Å². The summed E-state index contributed by atoms with van der Waals surface area (Å²) < 4.78 is 20.0. The Balaban J connectivity index is 1.23. The SMILES string of the molecule is C1=Cc2oc3cccc(-c4ccc5c(c4)Oc4ccccc4C54C5=C(CCCC5)Oc5cc(-c6ccccn6)ccc54)c3c2CC1. The summed E-state index contributed by atoms with van der Waals surface area (Å²) in [7, 11) is 0. The predicted octanol–water partition coefficient (Wildman–Crippen LogP) is 10.8. The highest BCUT2D eigenvalue weighted by molar-refractivity contribution is 5.99. The molecule has 0 radical (unpaired) electrons. The Bertz CT molecular complexity index is 2270. The van der Waals surface area contributed by atoms with Crippen LogP contribution >= 0.6 is 0 Å². The number of fused-ring (bicyclic) bond motifs is 10. The molecule has 10 rings (SSSR count). The monoisotopic (exact) mass is 597 g/mol. The zero-order valence-electron chi connectivity index (χ0n) is 25.4. The van der Waals surface area contributed by atoms with Crippen molar-refractivity contribution in [3.8, 4) is 39.6 Å². The van der Waals surface area contributed by atoms with Gasteiger partial charge in [0.15, 0.2) is 0 Å². The second kappa shape index (κ2) is 9.82. The maximum Gasteiger partial charge on any atom is 0.135 e. The normalized spacial score (nSPS) is 19.0. The van der Waals surface area contributed by atoms with E-state index in [-0.39, 0.29) is 0 Å². The molecule has 2 aromatic heterocycles. The molecule has 0 fully saturated rings. The molecule has 0 N–H and O–H groups in total. The topological polar surface area (TPSA) is 44.5 Å². The molecule has 0 amide bonds. The first-order valence-electron chi connectivity index (χ1n) is 16.4. The first kappa shape index (κ1) is 25.9. The lowest BCUT2D eigenvalue weighted by molar-refractivity contribution is 0.324. The van der Waals surface area contributed by atoms with E-state index in [4.69, 9.17) is 13.9 Å². The van der Waals surface area contributed by atoms with Crippen LogP contribution in [0.5, 0.6) is 17.2 Å². The third-order valence-corrected chi connectivity index (χ3v) is 10.3. The van der Waals surface area contributed by atoms with Gasteiger partial charge in [-0.05, 0) is 91.3 Å². The smallest absolute Gasteiger partial charge is 0.135 e. The lowest BCUT2D eigenvalue weighted by atomic mass is 9.59. The lowest BCUT2D eigenvalue weighted by Crippen LogP contribution is -2.39. The molecule has 6 aromatic rings. The van der Waals surface area contributed by atoms with Crippen molar-refractivity contribution in [2.45, 2.75) is 43.9 Å². The number of aromatic nitrogens is 1. The fourth-order valence-corrected chi connectivity index (χ4v) is 8.39. The fourth-order valence-electron chi connectivity index (χ4n) is 8.39. The van der Waals surface area contributed by atoms with Gasteiger partial charge in [0.25, 0.3) is 0 Å². The van der Waals surface area contributed by atoms with Crippen molar-refractivity contribution in [2.75, 3.05) is 0 Å². The summed E-state index contributed by atoms with van der Waals surface area (Å²) in [5.74, 6) is 4.78. The number of para-hydroxylation sites is 1. The minimum absolute atomic E-state index is 0.514. The number of ether oxygens (including phenoxy) is 2. The Morgan fingerprint density at radius 2 is 1.46 bits per heavy atom. The van der Waals surface area contributed by atoms with Crippen LogP contribution in [0.25, 0.3) is 39.4 Å². The average Bonchev–Trinajstić information content (AvgIpc) is 3.50. The third-order valence-electron chi connectivity index (χ3n) is 10.3. The van der Waals surface area contributed by atoms with E-state index in [0.29, 0.717) is 0 Å². The Labute approximate surface area is 267 Å². The number of furan rings is 1. The van der Waals surface area contributed by atoms with E-state index in [9.17, 15) is 0 Å². The number of rotatable bonds is 2. The summed E-state index contributed by atoms with van der Waals surface area (Å²) in [6.07, 6.45) is 12.4. The summed E-state index contributed by atoms with van der Waals surface area (Å²) in [6, 6.07) is 34.5. The summed E-state index contributed by atoms with van der Waals surface area (Å²) in [5, 5.41) is 1.21. The summed E-state index contributed by atoms with van der Waals surface area (Å²) in [5.41, 5.74) is 10.9. The molecule has 0 saturated heterocycles. The van der Waals surface area contributed by atoms with Gasteiger partial charge in [-0.3, -0.25) is 4.98 Å². The molecule has 222 valence electrons. The highest BCUT2D eigenvalue weighted by Gasteiger charge is 2.52. The van der Waals surface area contributed by atoms with E-state index < -0.39 is 5.41 Å². The Hall–Kier alpha value is -5.35. The van der Waals surface area contributed by atoms with E-state index in [1.54, 1.807) is 0 Å². The Kier molecular flexibility index (Phi) is 5.54. The minimum Gasteiger partial charge on any atom is -0.461 e. The highest BCUT2D eigenvalue weighted by atomic mass is 16.5. The van der Waals surface area contributed by atoms with Gasteiger partial charge in [-0.15, -0.1) is 0 Å². The highest BCUT2D eigenvalue weighted by Crippen LogP contribution is 2.62. The van der Waals surface area contributed by atoms with Crippen molar-refractivity contribution in [1.82, 2.24) is 4.98 Å². The fraction of sp³-hybridized carbons (Fsp3) is 0.167. The zero-order valence-corrected chi connectivity index (χ0v) is 25.4. The van der Waals surface area contributed by atoms with Crippen LogP contribution in [-0.2, 0) is 11.8 Å². The Morgan fingerprint density at radius 3 is 2.37 bits per heavy atom. The molecule has 4 heteroatoms. The van der Waals surface area contributed by atoms with Crippen LogP contribution in [-0.4, -0.2) is 4.98 Å². The molecule has 4 aromatic carbocycles. The minimum atomic E-state index is -0.514. The van der Waals surface area contributed by atoms with E-state index >= 15 is 0 Å². The van der Waals surface area contributed by atoms with E-state index in [1.165, 1.54) is 33.2 Å². The van der Waals surface area contributed by atoms with E-state index in [2.05, 4.69) is 102 Å². The molecular formula is C42H31NO3. The van der Waals surface area contributed by atoms with Crippen LogP contribution in [0.2, 0.25) is 0 Å². The maximum atomic E-state index is 6.85. The van der Waals surface area contributed by atoms with Gasteiger partial charge < -0.3 is 13.9 Å². The second-order valence-electron chi connectivity index (χ2n) is 12.8. The number of nitrogens with zero attached hydrogens (tertiary/aromatic N) is 1. The number of benzene rings is 4. The second-order valence-corrected chi connectivity index (χ2v) is 12.8. The number of hydrogen-bond acceptors (Lipinski definition) is 4. The lowest BCUT2D eigenvalue weighted by Gasteiger charge is -2.47. The number of aryl methyl sites for hydroxylation is 1. The molecule has 1 unspecified atom stereocenters. The van der Waals surface area contributed by atoms with Gasteiger partial charge in [-0.2, -0.15) is 0 Å². The van der Waals surface area contributed by atoms with Gasteiger partial charge in [0.1, 0.15) is 34.4 Å². The van der Waals surface area contributed by atoms with Gasteiger partial charge in [0, 0.05) is 45.8 Å². The standard InChI is InChI=1S/C42H31NO3/c1-4-15-35-29(10-1)41-28(11-9-18-38(41)44-35)26-19-21-32-39(24-26)45-36-16-5-2-12-30(36)42(32)31-13-3-6-17-37(31)46-40-25-27(20-22-33(40)42)34-14-7-8-23-43-34/h2,4-5,7-9,11-12,14-16,18-25H,1,3,6,10,13,17H2. The molecule has 4 aliphatic rings. The predicted molar refractivity (Wildman–Crippen MR) is 181 cm³/mol. The quantitative estimate of drug-likeness (QED) is 0.199. The molecule has 2 aliphatic heterocycles. The molecule has 0 bridgehead atoms. The zero-order chi connectivity index (χ0) is 30.2. The molecule has 1 spiro atoms. The number of pyridine rings is 1.